The van der Waals surface area contributed by atoms with Gasteiger partial charge in [-0.15, -0.1) is 0 Å². The molecule has 2 rings (SSSR count). The maximum Gasteiger partial charge on any atom is 0.426 e. The van der Waals surface area contributed by atoms with Crippen molar-refractivity contribution in [1.82, 2.24) is 4.31 Å². The molecule has 1 atom stereocenters. The molecule has 1 aliphatic heterocycles. The van der Waals surface area contributed by atoms with Crippen LogP contribution in [0, 0.1) is 5.82 Å². The molecule has 1 heterocycles. The van der Waals surface area contributed by atoms with Crippen molar-refractivity contribution in [2.24, 2.45) is 0 Å². The van der Waals surface area contributed by atoms with Gasteiger partial charge in [0.15, 0.2) is 0 Å². The van der Waals surface area contributed by atoms with E-state index in [0.29, 0.717) is 26.0 Å². The summed E-state index contributed by atoms with van der Waals surface area (Å²) >= 11 is 5.94. The van der Waals surface area contributed by atoms with Crippen LogP contribution in [-0.4, -0.2) is 37.1 Å². The minimum absolute atomic E-state index is 0.157. The third-order valence-corrected chi connectivity index (χ3v) is 5.79. The Kier molecular flexibility index (Phi) is 7.49. The van der Waals surface area contributed by atoms with Crippen molar-refractivity contribution in [3.8, 4) is 0 Å². The van der Waals surface area contributed by atoms with E-state index in [2.05, 4.69) is 6.58 Å². The van der Waals surface area contributed by atoms with Gasteiger partial charge in [-0.2, -0.15) is 12.7 Å². The van der Waals surface area contributed by atoms with Crippen LogP contribution in [0.2, 0.25) is 5.02 Å². The van der Waals surface area contributed by atoms with Crippen LogP contribution >= 0.6 is 11.6 Å². The van der Waals surface area contributed by atoms with Gasteiger partial charge in [0, 0.05) is 10.6 Å². The minimum atomic E-state index is -4.23. The molecule has 0 bridgehead atoms. The lowest BCUT2D eigenvalue weighted by atomic mass is 10.0. The Bertz CT molecular complexity index is 995. The van der Waals surface area contributed by atoms with E-state index in [1.54, 1.807) is 39.8 Å². The maximum atomic E-state index is 14.0. The molecule has 0 unspecified atom stereocenters. The molecule has 164 valence electrons. The number of amides is 1. The molecular weight excluding hydrogens is 433 g/mol. The largest absolute Gasteiger partial charge is 0.443 e. The van der Waals surface area contributed by atoms with Crippen LogP contribution in [0.4, 0.5) is 9.18 Å². The van der Waals surface area contributed by atoms with Crippen molar-refractivity contribution in [1.29, 1.82) is 0 Å². The van der Waals surface area contributed by atoms with Crippen LogP contribution in [-0.2, 0) is 19.2 Å². The zero-order chi connectivity index (χ0) is 22.7. The summed E-state index contributed by atoms with van der Waals surface area (Å²) in [5.74, 6) is -0.409. The first-order chi connectivity index (χ1) is 13.8. The first-order valence-corrected chi connectivity index (χ1v) is 11.0. The molecule has 1 fully saturated rings. The average molecular weight is 458 g/mol. The lowest BCUT2D eigenvalue weighted by molar-refractivity contribution is 0.0358. The van der Waals surface area contributed by atoms with Crippen molar-refractivity contribution in [2.75, 3.05) is 6.61 Å². The number of carbonyl (C=O) groups excluding carboxylic acids is 1. The highest BCUT2D eigenvalue weighted by Gasteiger charge is 2.44. The zero-order valence-electron chi connectivity index (χ0n) is 17.3. The quantitative estimate of drug-likeness (QED) is 0.563. The maximum absolute atomic E-state index is 14.0. The predicted molar refractivity (Wildman–Crippen MR) is 115 cm³/mol. The standard InChI is InChI=1S/C21H25ClFNO5S/c1-6-15(8-7-14(2)18-12-16(22)9-10-19(18)23)11-17-13-28-30(26,27)24(17)20(25)29-21(3,4)5/h6-10,12,17H,1,11,13H2,2-5H3/b14-7+,15-8+/t17-/m1/s1. The van der Waals surface area contributed by atoms with E-state index in [1.165, 1.54) is 24.3 Å². The highest BCUT2D eigenvalue weighted by Crippen LogP contribution is 2.27. The molecule has 9 heteroatoms. The fourth-order valence-electron chi connectivity index (χ4n) is 2.77. The minimum Gasteiger partial charge on any atom is -0.443 e. The summed E-state index contributed by atoms with van der Waals surface area (Å²) in [7, 11) is -4.23. The normalized spacial score (nSPS) is 19.7. The second-order valence-electron chi connectivity index (χ2n) is 7.80. The molecule has 0 N–H and O–H groups in total. The van der Waals surface area contributed by atoms with Crippen molar-refractivity contribution in [2.45, 2.75) is 45.8 Å². The third-order valence-electron chi connectivity index (χ3n) is 4.19. The van der Waals surface area contributed by atoms with E-state index >= 15 is 0 Å². The van der Waals surface area contributed by atoms with Crippen molar-refractivity contribution in [3.05, 3.63) is 65.0 Å². The van der Waals surface area contributed by atoms with Crippen LogP contribution in [0.15, 0.2) is 48.6 Å². The van der Waals surface area contributed by atoms with Crippen LogP contribution in [0.3, 0.4) is 0 Å². The molecule has 30 heavy (non-hydrogen) atoms. The molecule has 6 nitrogen and oxygen atoms in total. The average Bonchev–Trinajstić information content (AvgIpc) is 2.93. The summed E-state index contributed by atoms with van der Waals surface area (Å²) < 4.78 is 49.0. The number of halogens is 2. The van der Waals surface area contributed by atoms with Crippen molar-refractivity contribution >= 4 is 33.6 Å². The number of carbonyl (C=O) groups is 1. The number of rotatable bonds is 5. The molecule has 0 radical (unpaired) electrons. The molecule has 0 spiro atoms. The first-order valence-electron chi connectivity index (χ1n) is 9.21. The number of allylic oxidation sites excluding steroid dienone is 4. The van der Waals surface area contributed by atoms with Gasteiger partial charge in [0.25, 0.3) is 0 Å². The highest BCUT2D eigenvalue weighted by molar-refractivity contribution is 7.85. The lowest BCUT2D eigenvalue weighted by Gasteiger charge is -2.26. The molecule has 1 saturated heterocycles. The van der Waals surface area contributed by atoms with Gasteiger partial charge >= 0.3 is 16.4 Å². The summed E-state index contributed by atoms with van der Waals surface area (Å²) in [6.45, 7) is 10.2. The molecule has 0 aromatic heterocycles. The summed E-state index contributed by atoms with van der Waals surface area (Å²) in [6, 6.07) is 3.48. The monoisotopic (exact) mass is 457 g/mol. The van der Waals surface area contributed by atoms with E-state index in [9.17, 15) is 17.6 Å². The lowest BCUT2D eigenvalue weighted by Crippen LogP contribution is -2.42. The number of ether oxygens (including phenoxy) is 1. The number of nitrogens with zero attached hydrogens (tertiary/aromatic N) is 1. The van der Waals surface area contributed by atoms with Crippen LogP contribution in [0.25, 0.3) is 5.57 Å². The van der Waals surface area contributed by atoms with Gasteiger partial charge in [-0.25, -0.2) is 9.18 Å². The SMILES string of the molecule is C=C/C(=C\C=C(/C)c1cc(Cl)ccc1F)C[C@@H]1COS(=O)(=O)N1C(=O)OC(C)(C)C. The summed E-state index contributed by atoms with van der Waals surface area (Å²) in [5.41, 5.74) is 0.742. The van der Waals surface area contributed by atoms with Gasteiger partial charge in [0.05, 0.1) is 12.6 Å². The number of hydrogen-bond donors (Lipinski definition) is 0. The predicted octanol–water partition coefficient (Wildman–Crippen LogP) is 5.27. The Morgan fingerprint density at radius 3 is 2.67 bits per heavy atom. The van der Waals surface area contributed by atoms with Gasteiger partial charge in [0.2, 0.25) is 0 Å². The summed E-state index contributed by atoms with van der Waals surface area (Å²) in [5, 5.41) is 0.411. The van der Waals surface area contributed by atoms with E-state index in [0.717, 1.165) is 0 Å². The van der Waals surface area contributed by atoms with Gasteiger partial charge in [-0.05, 0) is 63.5 Å². The molecule has 1 aromatic carbocycles. The zero-order valence-corrected chi connectivity index (χ0v) is 18.9. The van der Waals surface area contributed by atoms with E-state index in [4.69, 9.17) is 20.5 Å². The van der Waals surface area contributed by atoms with E-state index < -0.39 is 33.9 Å². The van der Waals surface area contributed by atoms with Crippen molar-refractivity contribution in [3.63, 3.8) is 0 Å². The fraction of sp³-hybridized carbons (Fsp3) is 0.381. The molecule has 1 aliphatic rings. The third kappa shape index (κ3) is 6.17. The second-order valence-corrected chi connectivity index (χ2v) is 9.72. The van der Waals surface area contributed by atoms with Crippen LogP contribution < -0.4 is 0 Å². The first kappa shape index (κ1) is 24.1. The van der Waals surface area contributed by atoms with Crippen LogP contribution in [0.5, 0.6) is 0 Å². The van der Waals surface area contributed by atoms with E-state index in [1.807, 2.05) is 0 Å². The van der Waals surface area contributed by atoms with Gasteiger partial charge in [0.1, 0.15) is 11.4 Å². The Labute approximate surface area is 181 Å². The Balaban J connectivity index is 2.25. The van der Waals surface area contributed by atoms with Gasteiger partial charge < -0.3 is 4.74 Å². The molecule has 0 aliphatic carbocycles. The second kappa shape index (κ2) is 9.32. The molecule has 1 aromatic rings. The Hall–Kier alpha value is -2.16. The number of benzene rings is 1. The van der Waals surface area contributed by atoms with Gasteiger partial charge in [-0.3, -0.25) is 4.18 Å². The summed E-state index contributed by atoms with van der Waals surface area (Å²) in [6.07, 6.45) is 4.05. The number of hydrogen-bond acceptors (Lipinski definition) is 5. The topological polar surface area (TPSA) is 72.9 Å². The Morgan fingerprint density at radius 2 is 2.07 bits per heavy atom. The van der Waals surface area contributed by atoms with Gasteiger partial charge in [-0.1, -0.05) is 36.4 Å². The smallest absolute Gasteiger partial charge is 0.426 e. The highest BCUT2D eigenvalue weighted by atomic mass is 35.5. The molecule has 1 amide bonds. The Morgan fingerprint density at radius 1 is 1.40 bits per heavy atom. The molecule has 0 saturated carbocycles. The van der Waals surface area contributed by atoms with Crippen LogP contribution in [0.1, 0.15) is 39.7 Å². The summed E-state index contributed by atoms with van der Waals surface area (Å²) in [4.78, 5) is 12.4. The van der Waals surface area contributed by atoms with E-state index in [-0.39, 0.29) is 13.0 Å². The fourth-order valence-corrected chi connectivity index (χ4v) is 4.11. The van der Waals surface area contributed by atoms with Crippen molar-refractivity contribution < 1.29 is 26.5 Å². The molecular formula is C21H25ClFNO5S.